The van der Waals surface area contributed by atoms with Gasteiger partial charge in [0.2, 0.25) is 0 Å². The number of nitrogens with one attached hydrogen (secondary N) is 1. The Balaban J connectivity index is 1.52. The van der Waals surface area contributed by atoms with Crippen LogP contribution in [0.3, 0.4) is 0 Å². The maximum Gasteiger partial charge on any atom is 0.152 e. The molecule has 7 heteroatoms. The molecular weight excluding hydrogens is 481 g/mol. The molecule has 0 amide bonds. The van der Waals surface area contributed by atoms with Gasteiger partial charge >= 0.3 is 0 Å². The van der Waals surface area contributed by atoms with Crippen molar-refractivity contribution in [2.24, 2.45) is 0 Å². The Hall–Kier alpha value is -3.12. The van der Waals surface area contributed by atoms with Crippen LogP contribution in [-0.2, 0) is 17.8 Å². The van der Waals surface area contributed by atoms with Crippen LogP contribution >= 0.6 is 23.2 Å². The van der Waals surface area contributed by atoms with Gasteiger partial charge in [0.1, 0.15) is 6.29 Å². The first-order valence-corrected chi connectivity index (χ1v) is 12.4. The van der Waals surface area contributed by atoms with E-state index in [0.717, 1.165) is 64.9 Å². The maximum absolute atomic E-state index is 11.4. The van der Waals surface area contributed by atoms with Gasteiger partial charge in [0.15, 0.2) is 5.75 Å². The molecule has 1 aliphatic heterocycles. The molecule has 1 saturated heterocycles. The summed E-state index contributed by atoms with van der Waals surface area (Å²) in [5.41, 5.74) is 6.32. The Morgan fingerprint density at radius 1 is 0.971 bits per heavy atom. The zero-order chi connectivity index (χ0) is 24.4. The first kappa shape index (κ1) is 23.6. The lowest BCUT2D eigenvalue weighted by Crippen LogP contribution is -2.18. The second-order valence-electron chi connectivity index (χ2n) is 8.85. The van der Waals surface area contributed by atoms with Gasteiger partial charge in [-0.25, -0.2) is 0 Å². The van der Waals surface area contributed by atoms with Crippen molar-refractivity contribution in [2.75, 3.05) is 18.4 Å². The van der Waals surface area contributed by atoms with E-state index in [1.807, 2.05) is 18.2 Å². The van der Waals surface area contributed by atoms with Crippen LogP contribution in [-0.4, -0.2) is 34.4 Å². The topological polar surface area (TPSA) is 65.5 Å². The third kappa shape index (κ3) is 5.13. The van der Waals surface area contributed by atoms with Crippen molar-refractivity contribution in [2.45, 2.75) is 25.8 Å². The molecule has 1 aromatic heterocycles. The van der Waals surface area contributed by atoms with E-state index in [1.165, 1.54) is 18.4 Å². The summed E-state index contributed by atoms with van der Waals surface area (Å²) < 4.78 is 0. The van der Waals surface area contributed by atoms with E-state index >= 15 is 0 Å². The number of phenolic OH excluding ortho intramolecular Hbond substituents is 1. The van der Waals surface area contributed by atoms with E-state index in [-0.39, 0.29) is 22.2 Å². The number of halogens is 2. The van der Waals surface area contributed by atoms with Crippen LogP contribution in [0.1, 0.15) is 24.0 Å². The summed E-state index contributed by atoms with van der Waals surface area (Å²) in [5, 5.41) is 14.7. The molecule has 178 valence electrons. The molecule has 5 rings (SSSR count). The predicted molar refractivity (Wildman–Crippen MR) is 143 cm³/mol. The summed E-state index contributed by atoms with van der Waals surface area (Å²) in [6, 6.07) is 17.7. The van der Waals surface area contributed by atoms with Crippen LogP contribution < -0.4 is 5.32 Å². The molecular formula is C28H25Cl2N3O2. The van der Waals surface area contributed by atoms with E-state index in [9.17, 15) is 9.90 Å². The Morgan fingerprint density at radius 3 is 2.37 bits per heavy atom. The average molecular weight is 506 g/mol. The standard InChI is InChI=1S/C28H25Cl2N3O2/c29-24-14-21(15-25(30)28(24)35)19-5-8-26-23(13-19)27(20(9-12-34)16-31-26)32-22-6-3-18(4-7-22)17-33-10-1-2-11-33/h3-8,12-16,35H,1-2,9-11,17H2,(H,31,32). The Kier molecular flexibility index (Phi) is 6.91. The summed E-state index contributed by atoms with van der Waals surface area (Å²) in [5.74, 6) is -0.136. The largest absolute Gasteiger partial charge is 0.505 e. The number of hydrogen-bond donors (Lipinski definition) is 2. The van der Waals surface area contributed by atoms with Gasteiger partial charge in [-0.05, 0) is 79.0 Å². The highest BCUT2D eigenvalue weighted by molar-refractivity contribution is 6.37. The molecule has 2 N–H and O–H groups in total. The monoisotopic (exact) mass is 505 g/mol. The van der Waals surface area contributed by atoms with Gasteiger partial charge in [-0.2, -0.15) is 0 Å². The van der Waals surface area contributed by atoms with E-state index in [0.29, 0.717) is 0 Å². The summed E-state index contributed by atoms with van der Waals surface area (Å²) >= 11 is 12.3. The van der Waals surface area contributed by atoms with Gasteiger partial charge in [0.25, 0.3) is 0 Å². The first-order valence-electron chi connectivity index (χ1n) is 11.6. The van der Waals surface area contributed by atoms with Gasteiger partial charge in [-0.1, -0.05) is 41.4 Å². The van der Waals surface area contributed by atoms with Crippen molar-refractivity contribution in [1.82, 2.24) is 9.88 Å². The number of carbonyl (C=O) groups excluding carboxylic acids is 1. The first-order chi connectivity index (χ1) is 17.0. The number of carbonyl (C=O) groups is 1. The van der Waals surface area contributed by atoms with Crippen LogP contribution in [0.2, 0.25) is 10.0 Å². The molecule has 4 aromatic rings. The number of anilines is 2. The van der Waals surface area contributed by atoms with Crippen LogP contribution in [0, 0.1) is 0 Å². The number of aromatic nitrogens is 1. The molecule has 0 aliphatic carbocycles. The van der Waals surface area contributed by atoms with Crippen molar-refractivity contribution in [3.8, 4) is 16.9 Å². The molecule has 1 fully saturated rings. The zero-order valence-corrected chi connectivity index (χ0v) is 20.6. The molecule has 3 aromatic carbocycles. The van der Waals surface area contributed by atoms with Gasteiger partial charge in [0, 0.05) is 35.8 Å². The molecule has 1 aliphatic rings. The molecule has 2 heterocycles. The van der Waals surface area contributed by atoms with Crippen molar-refractivity contribution in [1.29, 1.82) is 0 Å². The van der Waals surface area contributed by atoms with E-state index in [4.69, 9.17) is 23.2 Å². The molecule has 0 bridgehead atoms. The van der Waals surface area contributed by atoms with E-state index < -0.39 is 0 Å². The minimum absolute atomic E-state index is 0.136. The fourth-order valence-corrected chi connectivity index (χ4v) is 5.06. The number of benzene rings is 3. The van der Waals surface area contributed by atoms with Crippen LogP contribution in [0.25, 0.3) is 22.0 Å². The Bertz CT molecular complexity index is 1360. The minimum Gasteiger partial charge on any atom is -0.505 e. The number of pyridine rings is 1. The Labute approximate surface area is 214 Å². The lowest BCUT2D eigenvalue weighted by molar-refractivity contribution is -0.107. The molecule has 0 radical (unpaired) electrons. The number of fused-ring (bicyclic) bond motifs is 1. The number of aldehydes is 1. The van der Waals surface area contributed by atoms with Crippen molar-refractivity contribution < 1.29 is 9.90 Å². The van der Waals surface area contributed by atoms with Crippen LogP contribution in [0.5, 0.6) is 5.75 Å². The number of rotatable bonds is 7. The fraction of sp³-hybridized carbons (Fsp3) is 0.214. The van der Waals surface area contributed by atoms with Crippen molar-refractivity contribution >= 4 is 51.8 Å². The average Bonchev–Trinajstić information content (AvgIpc) is 3.37. The molecule has 35 heavy (non-hydrogen) atoms. The summed E-state index contributed by atoms with van der Waals surface area (Å²) in [6.45, 7) is 3.30. The van der Waals surface area contributed by atoms with E-state index in [2.05, 4.69) is 39.5 Å². The number of phenols is 1. The maximum atomic E-state index is 11.4. The highest BCUT2D eigenvalue weighted by Crippen LogP contribution is 2.38. The highest BCUT2D eigenvalue weighted by atomic mass is 35.5. The molecule has 0 spiro atoms. The zero-order valence-electron chi connectivity index (χ0n) is 19.1. The van der Waals surface area contributed by atoms with Crippen LogP contribution in [0.4, 0.5) is 11.4 Å². The lowest BCUT2D eigenvalue weighted by Gasteiger charge is -2.17. The molecule has 0 atom stereocenters. The molecule has 0 unspecified atom stereocenters. The summed E-state index contributed by atoms with van der Waals surface area (Å²) in [6.07, 6.45) is 5.43. The van der Waals surface area contributed by atoms with E-state index in [1.54, 1.807) is 18.3 Å². The predicted octanol–water partition coefficient (Wildman–Crippen LogP) is 7.00. The van der Waals surface area contributed by atoms with Crippen molar-refractivity contribution in [3.63, 3.8) is 0 Å². The fourth-order valence-electron chi connectivity index (χ4n) is 4.57. The summed E-state index contributed by atoms with van der Waals surface area (Å²) in [7, 11) is 0. The number of likely N-dealkylation sites (tertiary alicyclic amines) is 1. The highest BCUT2D eigenvalue weighted by Gasteiger charge is 2.14. The summed E-state index contributed by atoms with van der Waals surface area (Å²) in [4.78, 5) is 18.4. The van der Waals surface area contributed by atoms with Gasteiger partial charge in [-0.15, -0.1) is 0 Å². The van der Waals surface area contributed by atoms with Crippen LogP contribution in [0.15, 0.2) is 60.8 Å². The minimum atomic E-state index is -0.136. The van der Waals surface area contributed by atoms with Crippen molar-refractivity contribution in [3.05, 3.63) is 82.0 Å². The number of hydrogen-bond acceptors (Lipinski definition) is 5. The third-order valence-electron chi connectivity index (χ3n) is 6.43. The van der Waals surface area contributed by atoms with Gasteiger partial charge < -0.3 is 15.2 Å². The van der Waals surface area contributed by atoms with Gasteiger partial charge in [-0.3, -0.25) is 9.88 Å². The molecule has 5 nitrogen and oxygen atoms in total. The smallest absolute Gasteiger partial charge is 0.152 e. The quantitative estimate of drug-likeness (QED) is 0.265. The Morgan fingerprint density at radius 2 is 1.69 bits per heavy atom. The van der Waals surface area contributed by atoms with Gasteiger partial charge in [0.05, 0.1) is 21.2 Å². The normalized spacial score (nSPS) is 13.9. The number of aromatic hydroxyl groups is 1. The second-order valence-corrected chi connectivity index (χ2v) is 9.67. The third-order valence-corrected chi connectivity index (χ3v) is 7.00. The lowest BCUT2D eigenvalue weighted by atomic mass is 10.00. The molecule has 0 saturated carbocycles. The SMILES string of the molecule is O=CCc1cnc2ccc(-c3cc(Cl)c(O)c(Cl)c3)cc2c1Nc1ccc(CN2CCCC2)cc1. The number of nitrogens with zero attached hydrogens (tertiary/aromatic N) is 2. The second kappa shape index (κ2) is 10.2.